The van der Waals surface area contributed by atoms with Gasteiger partial charge in [0.15, 0.2) is 0 Å². The zero-order valence-electron chi connectivity index (χ0n) is 25.1. The minimum atomic E-state index is -1.12. The van der Waals surface area contributed by atoms with Gasteiger partial charge in [-0.1, -0.05) is 49.4 Å². The van der Waals surface area contributed by atoms with Gasteiger partial charge in [-0.2, -0.15) is 0 Å². The van der Waals surface area contributed by atoms with Crippen molar-refractivity contribution in [3.8, 4) is 11.5 Å². The Hall–Kier alpha value is -4.53. The van der Waals surface area contributed by atoms with E-state index >= 15 is 0 Å². The molecular weight excluding hydrogens is 534 g/mol. The maximum atomic E-state index is 14.5. The fourth-order valence-electron chi connectivity index (χ4n) is 4.49. The SMILES string of the molecule is CCC(C)N(C(=O)C(Cc1ccccc1)NC(=O)OC(C)(C)C)C(C(=O)Nc1ccc(OC)cc1)c1cccc(O)c1. The molecule has 0 saturated heterocycles. The van der Waals surface area contributed by atoms with Gasteiger partial charge in [-0.3, -0.25) is 9.59 Å². The highest BCUT2D eigenvalue weighted by atomic mass is 16.6. The first kappa shape index (κ1) is 32.0. The van der Waals surface area contributed by atoms with Gasteiger partial charge in [0.2, 0.25) is 5.91 Å². The number of amides is 3. The van der Waals surface area contributed by atoms with Gasteiger partial charge >= 0.3 is 6.09 Å². The number of anilines is 1. The molecule has 224 valence electrons. The average molecular weight is 576 g/mol. The fourth-order valence-corrected chi connectivity index (χ4v) is 4.49. The highest BCUT2D eigenvalue weighted by Gasteiger charge is 2.38. The second-order valence-corrected chi connectivity index (χ2v) is 11.1. The molecular formula is C33H41N3O6. The molecule has 3 aromatic rings. The molecule has 3 N–H and O–H groups in total. The molecule has 3 unspecified atom stereocenters. The summed E-state index contributed by atoms with van der Waals surface area (Å²) in [5.74, 6) is -0.350. The maximum absolute atomic E-state index is 14.5. The summed E-state index contributed by atoms with van der Waals surface area (Å²) in [5.41, 5.74) is 0.983. The molecule has 0 heterocycles. The Morgan fingerprint density at radius 1 is 0.952 bits per heavy atom. The molecule has 0 saturated carbocycles. The van der Waals surface area contributed by atoms with Crippen molar-refractivity contribution in [1.82, 2.24) is 10.2 Å². The maximum Gasteiger partial charge on any atom is 0.408 e. The first-order valence-corrected chi connectivity index (χ1v) is 14.0. The number of hydrogen-bond donors (Lipinski definition) is 3. The summed E-state index contributed by atoms with van der Waals surface area (Å²) >= 11 is 0. The molecule has 3 aromatic carbocycles. The van der Waals surface area contributed by atoms with Crippen molar-refractivity contribution in [2.45, 2.75) is 71.2 Å². The third kappa shape index (κ3) is 8.99. The van der Waals surface area contributed by atoms with Crippen molar-refractivity contribution in [2.24, 2.45) is 0 Å². The number of benzene rings is 3. The van der Waals surface area contributed by atoms with Gasteiger partial charge in [-0.25, -0.2) is 4.79 Å². The number of ether oxygens (including phenoxy) is 2. The molecule has 0 aliphatic rings. The number of carbonyl (C=O) groups is 3. The molecule has 9 nitrogen and oxygen atoms in total. The fraction of sp³-hybridized carbons (Fsp3) is 0.364. The summed E-state index contributed by atoms with van der Waals surface area (Å²) in [6.45, 7) is 9.00. The van der Waals surface area contributed by atoms with Crippen molar-refractivity contribution < 1.29 is 29.0 Å². The van der Waals surface area contributed by atoms with E-state index in [0.29, 0.717) is 23.4 Å². The molecule has 0 spiro atoms. The number of hydrogen-bond acceptors (Lipinski definition) is 6. The van der Waals surface area contributed by atoms with Crippen LogP contribution in [0.4, 0.5) is 10.5 Å². The van der Waals surface area contributed by atoms with Crippen LogP contribution in [0.3, 0.4) is 0 Å². The Morgan fingerprint density at radius 3 is 2.19 bits per heavy atom. The van der Waals surface area contributed by atoms with Crippen LogP contribution >= 0.6 is 0 Å². The third-order valence-electron chi connectivity index (χ3n) is 6.66. The lowest BCUT2D eigenvalue weighted by molar-refractivity contribution is -0.143. The van der Waals surface area contributed by atoms with E-state index in [1.807, 2.05) is 44.2 Å². The number of nitrogens with zero attached hydrogens (tertiary/aromatic N) is 1. The first-order chi connectivity index (χ1) is 19.9. The third-order valence-corrected chi connectivity index (χ3v) is 6.66. The van der Waals surface area contributed by atoms with Crippen LogP contribution in [0.1, 0.15) is 58.2 Å². The summed E-state index contributed by atoms with van der Waals surface area (Å²) < 4.78 is 10.7. The monoisotopic (exact) mass is 575 g/mol. The number of carbonyl (C=O) groups excluding carboxylic acids is 3. The molecule has 0 aliphatic heterocycles. The Morgan fingerprint density at radius 2 is 1.62 bits per heavy atom. The Bertz CT molecular complexity index is 1340. The Balaban J connectivity index is 2.07. The van der Waals surface area contributed by atoms with Crippen molar-refractivity contribution in [2.75, 3.05) is 12.4 Å². The number of phenolic OH excluding ortho intramolecular Hbond substituents is 1. The molecule has 0 radical (unpaired) electrons. The second kappa shape index (κ2) is 14.4. The first-order valence-electron chi connectivity index (χ1n) is 14.0. The summed E-state index contributed by atoms with van der Waals surface area (Å²) in [7, 11) is 1.55. The summed E-state index contributed by atoms with van der Waals surface area (Å²) in [6.07, 6.45) is -0.0300. The number of phenols is 1. The summed E-state index contributed by atoms with van der Waals surface area (Å²) in [5, 5.41) is 16.0. The highest BCUT2D eigenvalue weighted by Crippen LogP contribution is 2.30. The minimum Gasteiger partial charge on any atom is -0.508 e. The molecule has 9 heteroatoms. The number of aromatic hydroxyl groups is 1. The number of rotatable bonds is 11. The second-order valence-electron chi connectivity index (χ2n) is 11.1. The van der Waals surface area contributed by atoms with Crippen molar-refractivity contribution in [3.63, 3.8) is 0 Å². The van der Waals surface area contributed by atoms with E-state index in [0.717, 1.165) is 5.56 Å². The predicted molar refractivity (Wildman–Crippen MR) is 162 cm³/mol. The molecule has 3 rings (SSSR count). The smallest absolute Gasteiger partial charge is 0.408 e. The molecule has 0 aliphatic carbocycles. The quantitative estimate of drug-likeness (QED) is 0.264. The van der Waals surface area contributed by atoms with E-state index < -0.39 is 41.6 Å². The lowest BCUT2D eigenvalue weighted by Gasteiger charge is -2.38. The van der Waals surface area contributed by atoms with E-state index in [1.165, 1.54) is 17.0 Å². The van der Waals surface area contributed by atoms with Gasteiger partial charge in [0, 0.05) is 18.2 Å². The van der Waals surface area contributed by atoms with E-state index in [1.54, 1.807) is 64.3 Å². The van der Waals surface area contributed by atoms with Crippen LogP contribution in [-0.2, 0) is 20.7 Å². The minimum absolute atomic E-state index is 0.0426. The summed E-state index contributed by atoms with van der Waals surface area (Å²) in [4.78, 5) is 42.9. The zero-order chi connectivity index (χ0) is 30.9. The van der Waals surface area contributed by atoms with Crippen LogP contribution in [0.25, 0.3) is 0 Å². The van der Waals surface area contributed by atoms with Crippen LogP contribution in [0.5, 0.6) is 11.5 Å². The zero-order valence-corrected chi connectivity index (χ0v) is 25.1. The molecule has 0 bridgehead atoms. The van der Waals surface area contributed by atoms with Gasteiger partial charge in [0.1, 0.15) is 29.2 Å². The lowest BCUT2D eigenvalue weighted by Crippen LogP contribution is -2.55. The van der Waals surface area contributed by atoms with Crippen molar-refractivity contribution >= 4 is 23.6 Å². The van der Waals surface area contributed by atoms with E-state index in [9.17, 15) is 19.5 Å². The van der Waals surface area contributed by atoms with Crippen LogP contribution in [-0.4, -0.2) is 52.7 Å². The number of nitrogens with one attached hydrogen (secondary N) is 2. The van der Waals surface area contributed by atoms with Crippen molar-refractivity contribution in [3.05, 3.63) is 90.0 Å². The molecule has 0 fully saturated rings. The van der Waals surface area contributed by atoms with Crippen molar-refractivity contribution in [1.29, 1.82) is 0 Å². The summed E-state index contributed by atoms with van der Waals surface area (Å²) in [6, 6.07) is 19.9. The molecule has 3 atom stereocenters. The lowest BCUT2D eigenvalue weighted by atomic mass is 9.97. The topological polar surface area (TPSA) is 117 Å². The predicted octanol–water partition coefficient (Wildman–Crippen LogP) is 5.84. The standard InChI is InChI=1S/C33H41N3O6/c1-7-22(2)36(31(39)28(20-23-12-9-8-10-13-23)35-32(40)42-33(3,4)5)29(24-14-11-15-26(37)21-24)30(38)34-25-16-18-27(41-6)19-17-25/h8-19,21-22,28-29,37H,7,20H2,1-6H3,(H,34,38)(H,35,40). The Labute approximate surface area is 247 Å². The van der Waals surface area contributed by atoms with Gasteiger partial charge in [0.25, 0.3) is 5.91 Å². The van der Waals surface area contributed by atoms with Crippen LogP contribution in [0.2, 0.25) is 0 Å². The largest absolute Gasteiger partial charge is 0.508 e. The molecule has 0 aromatic heterocycles. The van der Waals surface area contributed by atoms with Crippen LogP contribution in [0.15, 0.2) is 78.9 Å². The average Bonchev–Trinajstić information content (AvgIpc) is 2.94. The van der Waals surface area contributed by atoms with E-state index in [-0.39, 0.29) is 12.2 Å². The normalized spacial score (nSPS) is 13.3. The molecule has 3 amide bonds. The van der Waals surface area contributed by atoms with Gasteiger partial charge in [-0.15, -0.1) is 0 Å². The molecule has 42 heavy (non-hydrogen) atoms. The highest BCUT2D eigenvalue weighted by molar-refractivity contribution is 5.99. The van der Waals surface area contributed by atoms with Crippen LogP contribution < -0.4 is 15.4 Å². The number of methoxy groups -OCH3 is 1. The van der Waals surface area contributed by atoms with Crippen LogP contribution in [0, 0.1) is 0 Å². The Kier molecular flexibility index (Phi) is 11.0. The van der Waals surface area contributed by atoms with Gasteiger partial charge in [-0.05, 0) is 81.6 Å². The van der Waals surface area contributed by atoms with E-state index in [2.05, 4.69) is 10.6 Å². The van der Waals surface area contributed by atoms with Gasteiger partial charge < -0.3 is 30.1 Å². The van der Waals surface area contributed by atoms with E-state index in [4.69, 9.17) is 9.47 Å². The van der Waals surface area contributed by atoms with Gasteiger partial charge in [0.05, 0.1) is 7.11 Å². The number of alkyl carbamates (subject to hydrolysis) is 1.